The molecule has 0 bridgehead atoms. The lowest BCUT2D eigenvalue weighted by molar-refractivity contribution is -0.0134. The lowest BCUT2D eigenvalue weighted by Crippen LogP contribution is -2.42. The first-order valence-electron chi connectivity index (χ1n) is 14.2. The van der Waals surface area contributed by atoms with E-state index in [0.29, 0.717) is 24.3 Å². The Hall–Kier alpha value is -3.92. The van der Waals surface area contributed by atoms with Crippen LogP contribution < -0.4 is 16.0 Å². The van der Waals surface area contributed by atoms with Crippen LogP contribution in [0.15, 0.2) is 59.0 Å². The van der Waals surface area contributed by atoms with E-state index in [1.54, 1.807) is 0 Å². The molecule has 206 valence electrons. The Labute approximate surface area is 235 Å². The van der Waals surface area contributed by atoms with Crippen molar-refractivity contribution in [2.75, 3.05) is 18.5 Å². The minimum atomic E-state index is -0.617. The molecule has 1 fully saturated rings. The number of nitrogens with one attached hydrogen (secondary N) is 1. The van der Waals surface area contributed by atoms with E-state index in [-0.39, 0.29) is 24.3 Å². The van der Waals surface area contributed by atoms with Crippen LogP contribution in [0.1, 0.15) is 67.1 Å². The van der Waals surface area contributed by atoms with Crippen LogP contribution in [0.3, 0.4) is 0 Å². The van der Waals surface area contributed by atoms with Gasteiger partial charge in [-0.2, -0.15) is 5.26 Å². The predicted octanol–water partition coefficient (Wildman–Crippen LogP) is 5.11. The Bertz CT molecular complexity index is 1610. The zero-order valence-corrected chi connectivity index (χ0v) is 23.4. The number of aliphatic hydroxyl groups excluding tert-OH is 1. The second-order valence-electron chi connectivity index (χ2n) is 10.6. The molecule has 2 aromatic carbocycles. The minimum absolute atomic E-state index is 0.00424. The van der Waals surface area contributed by atoms with Crippen LogP contribution >= 0.6 is 0 Å². The summed E-state index contributed by atoms with van der Waals surface area (Å²) in [5.74, 6) is 0.932. The zero-order valence-electron chi connectivity index (χ0n) is 23.4. The molecule has 1 aromatic heterocycles. The maximum atomic E-state index is 12.8. The maximum Gasteiger partial charge on any atom is 0.165 e. The molecule has 3 atom stereocenters. The predicted molar refractivity (Wildman–Crippen MR) is 157 cm³/mol. The molecule has 6 heteroatoms. The van der Waals surface area contributed by atoms with Gasteiger partial charge in [-0.1, -0.05) is 57.2 Å². The van der Waals surface area contributed by atoms with Gasteiger partial charge in [0.25, 0.3) is 0 Å². The van der Waals surface area contributed by atoms with Gasteiger partial charge in [0.2, 0.25) is 0 Å². The number of Topliss-reactive ketones (excluding diaryl/α,β-unsaturated/α-hetero) is 1. The van der Waals surface area contributed by atoms with E-state index in [2.05, 4.69) is 42.6 Å². The molecule has 2 aliphatic rings. The van der Waals surface area contributed by atoms with Crippen LogP contribution in [0.4, 0.5) is 5.69 Å². The normalized spacial score (nSPS) is 19.2. The molecule has 1 aliphatic carbocycles. The average molecular weight is 537 g/mol. The number of nitrogens with zero attached hydrogens (tertiary/aromatic N) is 1. The molecule has 6 nitrogen and oxygen atoms in total. The van der Waals surface area contributed by atoms with Crippen LogP contribution in [0.25, 0.3) is 23.0 Å². The van der Waals surface area contributed by atoms with E-state index in [9.17, 15) is 15.2 Å². The largest absolute Gasteiger partial charge is 0.455 e. The molecule has 0 saturated carbocycles. The maximum absolute atomic E-state index is 12.8. The van der Waals surface area contributed by atoms with E-state index >= 15 is 0 Å². The number of hydrogen-bond donors (Lipinski definition) is 2. The first-order chi connectivity index (χ1) is 19.4. The summed E-state index contributed by atoms with van der Waals surface area (Å²) in [4.78, 5) is 12.8. The van der Waals surface area contributed by atoms with E-state index < -0.39 is 6.10 Å². The van der Waals surface area contributed by atoms with Crippen molar-refractivity contribution in [1.29, 1.82) is 5.26 Å². The molecule has 2 N–H and O–H groups in total. The summed E-state index contributed by atoms with van der Waals surface area (Å²) in [7, 11) is 0. The monoisotopic (exact) mass is 536 g/mol. The summed E-state index contributed by atoms with van der Waals surface area (Å²) in [6.07, 6.45) is 8.71. The lowest BCUT2D eigenvalue weighted by atomic mass is 9.93. The summed E-state index contributed by atoms with van der Waals surface area (Å²) in [5.41, 5.74) is 6.56. The van der Waals surface area contributed by atoms with Crippen LogP contribution in [-0.2, 0) is 11.2 Å². The molecule has 5 rings (SSSR count). The Morgan fingerprint density at radius 2 is 2.05 bits per heavy atom. The van der Waals surface area contributed by atoms with Crippen molar-refractivity contribution in [3.8, 4) is 17.4 Å². The number of furan rings is 1. The van der Waals surface area contributed by atoms with E-state index in [1.807, 2.05) is 50.2 Å². The Kier molecular flexibility index (Phi) is 8.35. The molecule has 3 aromatic rings. The first-order valence-corrected chi connectivity index (χ1v) is 14.2. The first kappa shape index (κ1) is 27.6. The molecule has 0 radical (unpaired) electrons. The number of aryl methyl sites for hydroxylation is 1. The number of carbonyl (C=O) groups excluding carboxylic acids is 1. The van der Waals surface area contributed by atoms with Crippen molar-refractivity contribution in [1.82, 2.24) is 0 Å². The molecule has 2 heterocycles. The number of nitriles is 1. The van der Waals surface area contributed by atoms with Gasteiger partial charge in [0.15, 0.2) is 5.78 Å². The number of ether oxygens (including phenoxy) is 1. The summed E-state index contributed by atoms with van der Waals surface area (Å²) >= 11 is 0. The van der Waals surface area contributed by atoms with E-state index in [4.69, 9.17) is 9.15 Å². The molecular weight excluding hydrogens is 500 g/mol. The third-order valence-electron chi connectivity index (χ3n) is 7.98. The molecule has 1 saturated heterocycles. The lowest BCUT2D eigenvalue weighted by Gasteiger charge is -2.29. The van der Waals surface area contributed by atoms with Gasteiger partial charge in [-0.25, -0.2) is 0 Å². The third-order valence-corrected chi connectivity index (χ3v) is 7.98. The quantitative estimate of drug-likeness (QED) is 0.389. The fraction of sp³-hybridized carbons (Fsp3) is 0.353. The van der Waals surface area contributed by atoms with Crippen molar-refractivity contribution >= 4 is 23.1 Å². The second-order valence-corrected chi connectivity index (χ2v) is 10.6. The van der Waals surface area contributed by atoms with Crippen molar-refractivity contribution in [3.05, 3.63) is 87.5 Å². The van der Waals surface area contributed by atoms with Crippen molar-refractivity contribution in [3.63, 3.8) is 0 Å². The SMILES string of the molecule is CCc1cc(C(=O)C(C)CC)ccc1-c1cc2c(o1)=C(c1ccc(NC3CCOCC3O)c(C#N)c1)C=CCC=2. The number of benzene rings is 2. The van der Waals surface area contributed by atoms with E-state index in [0.717, 1.165) is 63.5 Å². The van der Waals surface area contributed by atoms with Gasteiger partial charge in [0.1, 0.15) is 17.2 Å². The van der Waals surface area contributed by atoms with Gasteiger partial charge in [-0.3, -0.25) is 4.79 Å². The summed E-state index contributed by atoms with van der Waals surface area (Å²) in [6, 6.07) is 15.9. The Balaban J connectivity index is 1.55. The van der Waals surface area contributed by atoms with Gasteiger partial charge < -0.3 is 19.6 Å². The molecular formula is C34H36N2O4. The topological polar surface area (TPSA) is 95.5 Å². The number of carbonyl (C=O) groups is 1. The average Bonchev–Trinajstić information content (AvgIpc) is 3.30. The van der Waals surface area contributed by atoms with E-state index in [1.165, 1.54) is 0 Å². The Morgan fingerprint density at radius 1 is 1.20 bits per heavy atom. The Morgan fingerprint density at radius 3 is 2.80 bits per heavy atom. The van der Waals surface area contributed by atoms with Crippen molar-refractivity contribution < 1.29 is 19.1 Å². The number of hydrogen-bond acceptors (Lipinski definition) is 6. The van der Waals surface area contributed by atoms with Crippen LogP contribution in [-0.4, -0.2) is 36.2 Å². The number of ketones is 1. The smallest absolute Gasteiger partial charge is 0.165 e. The van der Waals surface area contributed by atoms with Gasteiger partial charge in [0.05, 0.1) is 30.0 Å². The highest BCUT2D eigenvalue weighted by molar-refractivity contribution is 5.98. The minimum Gasteiger partial charge on any atom is -0.455 e. The fourth-order valence-corrected chi connectivity index (χ4v) is 5.35. The second kappa shape index (κ2) is 12.1. The van der Waals surface area contributed by atoms with Crippen LogP contribution in [0, 0.1) is 17.2 Å². The third kappa shape index (κ3) is 5.54. The highest BCUT2D eigenvalue weighted by Crippen LogP contribution is 2.28. The molecule has 0 amide bonds. The number of allylic oxidation sites excluding steroid dienone is 2. The van der Waals surface area contributed by atoms with Gasteiger partial charge in [-0.15, -0.1) is 0 Å². The number of anilines is 1. The van der Waals surface area contributed by atoms with Crippen LogP contribution in [0.5, 0.6) is 0 Å². The molecule has 1 aliphatic heterocycles. The highest BCUT2D eigenvalue weighted by Gasteiger charge is 2.24. The number of fused-ring (bicyclic) bond motifs is 1. The van der Waals surface area contributed by atoms with Gasteiger partial charge in [-0.05, 0) is 61.1 Å². The summed E-state index contributed by atoms with van der Waals surface area (Å²) < 4.78 is 11.9. The summed E-state index contributed by atoms with van der Waals surface area (Å²) in [5, 5.41) is 24.6. The highest BCUT2D eigenvalue weighted by atomic mass is 16.5. The molecule has 40 heavy (non-hydrogen) atoms. The standard InChI is InChI=1S/C34H36N2O4/c1-4-21(3)33(38)24-10-12-27(22(5-2)16-24)32-18-25-8-6-7-9-28(34(25)40-32)23-11-13-29(26(17-23)19-35)36-30-14-15-39-20-31(30)37/h7-13,16-18,21,30-31,36-37H,4-6,14-15,20H2,1-3H3. The van der Waals surface area contributed by atoms with Gasteiger partial charge in [0, 0.05) is 34.4 Å². The van der Waals surface area contributed by atoms with Crippen molar-refractivity contribution in [2.24, 2.45) is 5.92 Å². The van der Waals surface area contributed by atoms with Crippen molar-refractivity contribution in [2.45, 2.75) is 58.6 Å². The molecule has 0 spiro atoms. The van der Waals surface area contributed by atoms with Crippen LogP contribution in [0.2, 0.25) is 0 Å². The van der Waals surface area contributed by atoms with Gasteiger partial charge >= 0.3 is 0 Å². The number of rotatable bonds is 8. The molecule has 3 unspecified atom stereocenters. The summed E-state index contributed by atoms with van der Waals surface area (Å²) in [6.45, 7) is 6.97. The zero-order chi connectivity index (χ0) is 28.2. The number of aliphatic hydroxyl groups is 1. The fourth-order valence-electron chi connectivity index (χ4n) is 5.35.